The zero-order valence-electron chi connectivity index (χ0n) is 21.7. The van der Waals surface area contributed by atoms with Gasteiger partial charge in [0.25, 0.3) is 0 Å². The fraction of sp³-hybridized carbons (Fsp3) is 0.333. The van der Waals surface area contributed by atoms with Crippen LogP contribution in [-0.4, -0.2) is 4.98 Å². The van der Waals surface area contributed by atoms with Crippen molar-refractivity contribution in [3.05, 3.63) is 94.4 Å². The highest BCUT2D eigenvalue weighted by atomic mass is 16.3. The third kappa shape index (κ3) is 4.10. The van der Waals surface area contributed by atoms with Crippen molar-refractivity contribution in [2.45, 2.75) is 65.7 Å². The predicted molar refractivity (Wildman–Crippen MR) is 151 cm³/mol. The highest BCUT2D eigenvalue weighted by Gasteiger charge is 2.30. The lowest BCUT2D eigenvalue weighted by Crippen LogP contribution is -2.11. The molecule has 3 unspecified atom stereocenters. The Labute approximate surface area is 209 Å². The van der Waals surface area contributed by atoms with Gasteiger partial charge in [-0.3, -0.25) is 0 Å². The Balaban J connectivity index is 1.69. The lowest BCUT2D eigenvalue weighted by atomic mass is 9.78. The fourth-order valence-electron chi connectivity index (χ4n) is 5.51. The highest BCUT2D eigenvalue weighted by Crippen LogP contribution is 2.46. The number of aromatic amines is 1. The summed E-state index contributed by atoms with van der Waals surface area (Å²) in [5.74, 6) is 2.43. The van der Waals surface area contributed by atoms with E-state index in [9.17, 15) is 0 Å². The van der Waals surface area contributed by atoms with Crippen LogP contribution in [0.25, 0.3) is 34.0 Å². The van der Waals surface area contributed by atoms with Gasteiger partial charge < -0.3 is 9.40 Å². The number of H-pyrrole nitrogens is 1. The van der Waals surface area contributed by atoms with Crippen LogP contribution in [0.3, 0.4) is 0 Å². The van der Waals surface area contributed by atoms with E-state index >= 15 is 0 Å². The topological polar surface area (TPSA) is 28.9 Å². The van der Waals surface area contributed by atoms with Gasteiger partial charge in [0.2, 0.25) is 0 Å². The minimum Gasteiger partial charge on any atom is -0.460 e. The third-order valence-electron chi connectivity index (χ3n) is 8.15. The molecule has 0 amide bonds. The largest absolute Gasteiger partial charge is 0.460 e. The normalized spacial score (nSPS) is 17.6. The molecular formula is C33H37NO. The van der Waals surface area contributed by atoms with Crippen LogP contribution in [0.1, 0.15) is 92.5 Å². The first-order chi connectivity index (χ1) is 16.9. The van der Waals surface area contributed by atoms with Gasteiger partial charge in [0, 0.05) is 39.0 Å². The van der Waals surface area contributed by atoms with E-state index in [1.807, 2.05) is 12.2 Å². The van der Waals surface area contributed by atoms with Crippen LogP contribution in [0.5, 0.6) is 0 Å². The number of furan rings is 1. The second-order valence-corrected chi connectivity index (χ2v) is 10.3. The monoisotopic (exact) mass is 463 g/mol. The molecule has 2 aromatic heterocycles. The fourth-order valence-corrected chi connectivity index (χ4v) is 5.51. The molecular weight excluding hydrogens is 426 g/mol. The van der Waals surface area contributed by atoms with Crippen molar-refractivity contribution in [2.24, 2.45) is 5.92 Å². The summed E-state index contributed by atoms with van der Waals surface area (Å²) < 4.78 is 6.62. The first-order valence-electron chi connectivity index (χ1n) is 13.1. The molecule has 35 heavy (non-hydrogen) atoms. The summed E-state index contributed by atoms with van der Waals surface area (Å²) in [5.41, 5.74) is 10.1. The maximum Gasteiger partial charge on any atom is 0.134 e. The van der Waals surface area contributed by atoms with E-state index in [0.717, 1.165) is 30.6 Å². The molecule has 2 heterocycles. The summed E-state index contributed by atoms with van der Waals surface area (Å²) >= 11 is 0. The number of nitrogens with one attached hydrogen (secondary N) is 1. The van der Waals surface area contributed by atoms with E-state index in [-0.39, 0.29) is 5.92 Å². The second-order valence-electron chi connectivity index (χ2n) is 10.3. The first-order valence-corrected chi connectivity index (χ1v) is 13.1. The lowest BCUT2D eigenvalue weighted by Gasteiger charge is -2.26. The molecule has 0 saturated carbocycles. The van der Waals surface area contributed by atoms with Gasteiger partial charge in [-0.25, -0.2) is 0 Å². The van der Waals surface area contributed by atoms with Crippen molar-refractivity contribution in [3.8, 4) is 0 Å². The first kappa shape index (κ1) is 23.5. The Bertz CT molecular complexity index is 1460. The van der Waals surface area contributed by atoms with Gasteiger partial charge >= 0.3 is 0 Å². The van der Waals surface area contributed by atoms with Gasteiger partial charge in [-0.05, 0) is 73.4 Å². The Hall–Kier alpha value is -3.26. The molecule has 0 aliphatic heterocycles. The van der Waals surface area contributed by atoms with E-state index in [4.69, 9.17) is 4.42 Å². The van der Waals surface area contributed by atoms with E-state index in [2.05, 4.69) is 94.7 Å². The van der Waals surface area contributed by atoms with Crippen molar-refractivity contribution in [2.75, 3.05) is 0 Å². The number of fused-ring (bicyclic) bond motifs is 4. The van der Waals surface area contributed by atoms with Gasteiger partial charge in [-0.15, -0.1) is 0 Å². The zero-order chi connectivity index (χ0) is 24.7. The summed E-state index contributed by atoms with van der Waals surface area (Å²) in [6.45, 7) is 15.2. The number of hydrogen-bond acceptors (Lipinski definition) is 1. The van der Waals surface area contributed by atoms with E-state index in [1.54, 1.807) is 0 Å². The van der Waals surface area contributed by atoms with Crippen LogP contribution in [0.15, 0.2) is 65.1 Å². The van der Waals surface area contributed by atoms with E-state index < -0.39 is 0 Å². The number of allylic oxidation sites excluding steroid dienone is 3. The summed E-state index contributed by atoms with van der Waals surface area (Å²) in [7, 11) is 0. The molecule has 4 aromatic rings. The van der Waals surface area contributed by atoms with Gasteiger partial charge in [-0.1, -0.05) is 76.3 Å². The maximum absolute atomic E-state index is 6.62. The van der Waals surface area contributed by atoms with Gasteiger partial charge in [0.05, 0.1) is 0 Å². The molecule has 0 bridgehead atoms. The summed E-state index contributed by atoms with van der Waals surface area (Å²) in [6, 6.07) is 13.7. The Morgan fingerprint density at radius 2 is 1.86 bits per heavy atom. The standard InChI is InChI=1S/C33H37NO/c1-7-10-11-26-22(6)34-31-14-12-24(17-28(26)31)27-18-25(21(5)9-3)19-30-29-16-23(20(4)8-2)13-15-32(29)35-33(27)30/h7,10-17,19-21,27,34H,1,8-9,18H2,2-6H3/b11-10-. The SMILES string of the molecule is C=C/C=C\c1c(C)[nH]c2ccc(C3CC(C(C)CC)=Cc4c3oc3ccc(C(C)CC)cc43)cc12. The molecule has 1 N–H and O–H groups in total. The predicted octanol–water partition coefficient (Wildman–Crippen LogP) is 9.90. The van der Waals surface area contributed by atoms with Crippen molar-refractivity contribution < 1.29 is 4.42 Å². The number of rotatable bonds is 7. The van der Waals surface area contributed by atoms with Crippen molar-refractivity contribution in [3.63, 3.8) is 0 Å². The van der Waals surface area contributed by atoms with Gasteiger partial charge in [0.1, 0.15) is 11.3 Å². The maximum atomic E-state index is 6.62. The van der Waals surface area contributed by atoms with Crippen molar-refractivity contribution >= 4 is 34.0 Å². The number of hydrogen-bond donors (Lipinski definition) is 1. The second kappa shape index (κ2) is 9.41. The lowest BCUT2D eigenvalue weighted by molar-refractivity contribution is 0.496. The van der Waals surface area contributed by atoms with Crippen LogP contribution in [0.4, 0.5) is 0 Å². The van der Waals surface area contributed by atoms with Crippen LogP contribution < -0.4 is 0 Å². The molecule has 0 spiro atoms. The van der Waals surface area contributed by atoms with Crippen LogP contribution in [0.2, 0.25) is 0 Å². The minimum atomic E-state index is 0.217. The van der Waals surface area contributed by atoms with Crippen LogP contribution >= 0.6 is 0 Å². The van der Waals surface area contributed by atoms with Gasteiger partial charge in [-0.2, -0.15) is 0 Å². The molecule has 0 radical (unpaired) electrons. The smallest absolute Gasteiger partial charge is 0.134 e. The molecule has 0 saturated heterocycles. The average molecular weight is 464 g/mol. The van der Waals surface area contributed by atoms with Crippen LogP contribution in [-0.2, 0) is 0 Å². The third-order valence-corrected chi connectivity index (χ3v) is 8.15. The Morgan fingerprint density at radius 1 is 1.06 bits per heavy atom. The summed E-state index contributed by atoms with van der Waals surface area (Å²) in [4.78, 5) is 3.54. The quantitative estimate of drug-likeness (QED) is 0.271. The van der Waals surface area contributed by atoms with E-state index in [0.29, 0.717) is 11.8 Å². The number of benzene rings is 2. The average Bonchev–Trinajstić information content (AvgIpc) is 3.41. The van der Waals surface area contributed by atoms with Crippen molar-refractivity contribution in [1.82, 2.24) is 4.98 Å². The number of aryl methyl sites for hydroxylation is 1. The Kier molecular flexibility index (Phi) is 6.32. The molecule has 1 aliphatic rings. The Morgan fingerprint density at radius 3 is 2.60 bits per heavy atom. The molecule has 2 nitrogen and oxygen atoms in total. The summed E-state index contributed by atoms with van der Waals surface area (Å²) in [5, 5.41) is 2.52. The molecule has 2 aromatic carbocycles. The minimum absolute atomic E-state index is 0.217. The molecule has 5 rings (SSSR count). The van der Waals surface area contributed by atoms with E-state index in [1.165, 1.54) is 49.8 Å². The van der Waals surface area contributed by atoms with Crippen LogP contribution in [0, 0.1) is 12.8 Å². The molecule has 0 fully saturated rings. The molecule has 2 heteroatoms. The summed E-state index contributed by atoms with van der Waals surface area (Å²) in [6.07, 6.45) is 11.7. The molecule has 3 atom stereocenters. The zero-order valence-corrected chi connectivity index (χ0v) is 21.7. The molecule has 180 valence electrons. The number of aromatic nitrogens is 1. The molecule has 1 aliphatic carbocycles. The van der Waals surface area contributed by atoms with Crippen molar-refractivity contribution in [1.29, 1.82) is 0 Å². The highest BCUT2D eigenvalue weighted by molar-refractivity contribution is 5.93. The van der Waals surface area contributed by atoms with Gasteiger partial charge in [0.15, 0.2) is 0 Å².